The number of hydrogen-bond acceptors (Lipinski definition) is 6. The number of benzene rings is 3. The minimum Gasteiger partial charge on any atom is -0.497 e. The number of nitrogens with one attached hydrogen (secondary N) is 1. The number of aliphatic hydroxyl groups excluding tert-OH is 1. The Morgan fingerprint density at radius 2 is 1.92 bits per heavy atom. The topological polar surface area (TPSA) is 89.4 Å². The van der Waals surface area contributed by atoms with Gasteiger partial charge in [-0.2, -0.15) is 0 Å². The number of ether oxygens (including phenoxy) is 3. The van der Waals surface area contributed by atoms with Crippen molar-refractivity contribution < 1.29 is 28.5 Å². The quantitative estimate of drug-likeness (QED) is 0.244. The number of halogens is 1. The lowest BCUT2D eigenvalue weighted by Gasteiger charge is -2.30. The molecule has 1 aliphatic heterocycles. The summed E-state index contributed by atoms with van der Waals surface area (Å²) in [4.78, 5) is 18.7. The summed E-state index contributed by atoms with van der Waals surface area (Å²) in [6.07, 6.45) is 2.26. The van der Waals surface area contributed by atoms with E-state index >= 15 is 0 Å². The van der Waals surface area contributed by atoms with Gasteiger partial charge in [0.05, 0.1) is 13.7 Å². The van der Waals surface area contributed by atoms with E-state index in [1.807, 2.05) is 36.4 Å². The minimum atomic E-state index is -1.30. The van der Waals surface area contributed by atoms with E-state index in [9.17, 15) is 9.18 Å². The molecule has 4 rings (SSSR count). The Balaban J connectivity index is 1.62. The van der Waals surface area contributed by atoms with Crippen LogP contribution in [0.4, 0.5) is 4.39 Å². The van der Waals surface area contributed by atoms with Gasteiger partial charge in [-0.1, -0.05) is 30.3 Å². The summed E-state index contributed by atoms with van der Waals surface area (Å²) < 4.78 is 30.7. The van der Waals surface area contributed by atoms with Crippen LogP contribution in [0.15, 0.2) is 90.4 Å². The summed E-state index contributed by atoms with van der Waals surface area (Å²) in [7, 11) is 1.58. The van der Waals surface area contributed by atoms with Crippen molar-refractivity contribution in [3.63, 3.8) is 0 Å². The van der Waals surface area contributed by atoms with Gasteiger partial charge in [-0.3, -0.25) is 4.79 Å². The normalized spacial score (nSPS) is 18.1. The maximum atomic E-state index is 13.8. The van der Waals surface area contributed by atoms with Crippen molar-refractivity contribution >= 4 is 11.8 Å². The molecule has 0 fully saturated rings. The highest BCUT2D eigenvalue weighted by atomic mass is 19.1. The molecule has 204 valence electrons. The summed E-state index contributed by atoms with van der Waals surface area (Å²) >= 11 is 0. The molecule has 0 saturated heterocycles. The average Bonchev–Trinajstić information content (AvgIpc) is 3.35. The standard InChI is InChI=1S/C31H33FN2O5/c1-3-17-31(30(36)33-18-16-22-8-12-25(32)13-9-22)28(24-6-4-7-27(21-24)37-2)39-29(34-31)23-10-14-26(15-11-23)38-20-5-19-35/h3-4,6-15,21,28,35H,1,5,16-20H2,2H3,(H,33,36)/t28-,31-/m1/s1. The molecule has 0 spiro atoms. The smallest absolute Gasteiger partial charge is 0.252 e. The number of aliphatic imine (C=N–C) groups is 1. The van der Waals surface area contributed by atoms with Crippen LogP contribution in [0.5, 0.6) is 11.5 Å². The second-order valence-corrected chi connectivity index (χ2v) is 9.19. The fraction of sp³-hybridized carbons (Fsp3) is 0.290. The van der Waals surface area contributed by atoms with Crippen LogP contribution >= 0.6 is 0 Å². The number of carbonyl (C=O) groups is 1. The van der Waals surface area contributed by atoms with Gasteiger partial charge >= 0.3 is 0 Å². The minimum absolute atomic E-state index is 0.0612. The van der Waals surface area contributed by atoms with E-state index in [0.29, 0.717) is 49.0 Å². The second kappa shape index (κ2) is 13.1. The van der Waals surface area contributed by atoms with Gasteiger partial charge < -0.3 is 24.6 Å². The second-order valence-electron chi connectivity index (χ2n) is 9.19. The number of aliphatic hydroxyl groups is 1. The van der Waals surface area contributed by atoms with Crippen LogP contribution < -0.4 is 14.8 Å². The molecule has 0 saturated carbocycles. The number of hydrogen-bond donors (Lipinski definition) is 2. The Hall–Kier alpha value is -4.17. The van der Waals surface area contributed by atoms with Crippen LogP contribution in [-0.2, 0) is 16.0 Å². The fourth-order valence-electron chi connectivity index (χ4n) is 4.46. The molecule has 3 aromatic rings. The first-order chi connectivity index (χ1) is 19.0. The summed E-state index contributed by atoms with van der Waals surface area (Å²) in [5.41, 5.74) is 1.05. The fourth-order valence-corrected chi connectivity index (χ4v) is 4.46. The number of carbonyl (C=O) groups excluding carboxylic acids is 1. The Morgan fingerprint density at radius 3 is 2.62 bits per heavy atom. The zero-order valence-corrected chi connectivity index (χ0v) is 21.9. The Labute approximate surface area is 228 Å². The Morgan fingerprint density at radius 1 is 1.15 bits per heavy atom. The number of amides is 1. The molecule has 0 aromatic heterocycles. The lowest BCUT2D eigenvalue weighted by atomic mass is 9.84. The molecule has 0 bridgehead atoms. The van der Waals surface area contributed by atoms with E-state index in [0.717, 1.165) is 11.1 Å². The molecule has 1 aliphatic rings. The third kappa shape index (κ3) is 6.64. The molecule has 2 N–H and O–H groups in total. The molecule has 2 atom stereocenters. The molecule has 0 unspecified atom stereocenters. The van der Waals surface area contributed by atoms with Crippen molar-refractivity contribution in [2.24, 2.45) is 4.99 Å². The van der Waals surface area contributed by atoms with E-state index in [-0.39, 0.29) is 24.8 Å². The SMILES string of the molecule is C=CC[C@@]1(C(=O)NCCc2ccc(F)cc2)N=C(c2ccc(OCCCO)cc2)O[C@@H]1c1cccc(OC)c1. The zero-order chi connectivity index (χ0) is 27.7. The molecule has 0 aliphatic carbocycles. The third-order valence-corrected chi connectivity index (χ3v) is 6.49. The molecule has 7 nitrogen and oxygen atoms in total. The van der Waals surface area contributed by atoms with Crippen molar-refractivity contribution in [2.75, 3.05) is 26.9 Å². The van der Waals surface area contributed by atoms with Crippen LogP contribution in [0, 0.1) is 5.82 Å². The molecular weight excluding hydrogens is 499 g/mol. The third-order valence-electron chi connectivity index (χ3n) is 6.49. The van der Waals surface area contributed by atoms with Gasteiger partial charge in [-0.05, 0) is 66.1 Å². The van der Waals surface area contributed by atoms with Crippen LogP contribution in [-0.4, -0.2) is 49.3 Å². The first-order valence-electron chi connectivity index (χ1n) is 12.9. The molecule has 39 heavy (non-hydrogen) atoms. The monoisotopic (exact) mass is 532 g/mol. The highest BCUT2D eigenvalue weighted by Crippen LogP contribution is 2.43. The highest BCUT2D eigenvalue weighted by molar-refractivity contribution is 6.01. The predicted octanol–water partition coefficient (Wildman–Crippen LogP) is 4.79. The predicted molar refractivity (Wildman–Crippen MR) is 148 cm³/mol. The maximum Gasteiger partial charge on any atom is 0.252 e. The van der Waals surface area contributed by atoms with Gasteiger partial charge in [0.25, 0.3) is 5.91 Å². The van der Waals surface area contributed by atoms with Gasteiger partial charge in [0, 0.05) is 31.6 Å². The number of methoxy groups -OCH3 is 1. The van der Waals surface area contributed by atoms with Crippen LogP contribution in [0.3, 0.4) is 0 Å². The lowest BCUT2D eigenvalue weighted by Crippen LogP contribution is -2.48. The van der Waals surface area contributed by atoms with Crippen molar-refractivity contribution in [3.05, 3.63) is 108 Å². The van der Waals surface area contributed by atoms with Crippen LogP contribution in [0.1, 0.15) is 35.6 Å². The molecule has 1 heterocycles. The lowest BCUT2D eigenvalue weighted by molar-refractivity contribution is -0.128. The summed E-state index contributed by atoms with van der Waals surface area (Å²) in [5.74, 6) is 1.03. The van der Waals surface area contributed by atoms with E-state index < -0.39 is 11.6 Å². The maximum absolute atomic E-state index is 13.8. The molecule has 8 heteroatoms. The van der Waals surface area contributed by atoms with Crippen LogP contribution in [0.25, 0.3) is 0 Å². The molecule has 1 amide bonds. The van der Waals surface area contributed by atoms with Crippen molar-refractivity contribution in [3.8, 4) is 11.5 Å². The van der Waals surface area contributed by atoms with Gasteiger partial charge in [-0.25, -0.2) is 9.38 Å². The van der Waals surface area contributed by atoms with E-state index in [1.54, 1.807) is 37.5 Å². The first-order valence-corrected chi connectivity index (χ1v) is 12.9. The summed E-state index contributed by atoms with van der Waals surface area (Å²) in [6.45, 7) is 4.71. The number of nitrogens with zero attached hydrogens (tertiary/aromatic N) is 1. The summed E-state index contributed by atoms with van der Waals surface area (Å²) in [6, 6.07) is 20.9. The number of rotatable bonds is 13. The van der Waals surface area contributed by atoms with Crippen molar-refractivity contribution in [1.82, 2.24) is 5.32 Å². The summed E-state index contributed by atoms with van der Waals surface area (Å²) in [5, 5.41) is 12.0. The Kier molecular flexibility index (Phi) is 9.33. The zero-order valence-electron chi connectivity index (χ0n) is 21.9. The van der Waals surface area contributed by atoms with Gasteiger partial charge in [-0.15, -0.1) is 6.58 Å². The van der Waals surface area contributed by atoms with Crippen LogP contribution in [0.2, 0.25) is 0 Å². The first kappa shape index (κ1) is 27.9. The average molecular weight is 533 g/mol. The van der Waals surface area contributed by atoms with E-state index in [2.05, 4.69) is 11.9 Å². The van der Waals surface area contributed by atoms with Gasteiger partial charge in [0.2, 0.25) is 5.90 Å². The van der Waals surface area contributed by atoms with E-state index in [4.69, 9.17) is 24.3 Å². The molecular formula is C31H33FN2O5. The van der Waals surface area contributed by atoms with Crippen molar-refractivity contribution in [1.29, 1.82) is 0 Å². The Bertz CT molecular complexity index is 1290. The van der Waals surface area contributed by atoms with E-state index in [1.165, 1.54) is 12.1 Å². The highest BCUT2D eigenvalue weighted by Gasteiger charge is 2.52. The molecule has 0 radical (unpaired) electrons. The molecule has 3 aromatic carbocycles. The van der Waals surface area contributed by atoms with Gasteiger partial charge in [0.15, 0.2) is 11.6 Å². The largest absolute Gasteiger partial charge is 0.497 e. The van der Waals surface area contributed by atoms with Crippen molar-refractivity contribution in [2.45, 2.75) is 30.9 Å². The van der Waals surface area contributed by atoms with Gasteiger partial charge in [0.1, 0.15) is 17.3 Å².